The molecule has 3 aromatic rings. The molecule has 0 fully saturated rings. The van der Waals surface area contributed by atoms with Gasteiger partial charge in [-0.3, -0.25) is 9.59 Å². The molecule has 0 saturated carbocycles. The number of benzene rings is 2. The van der Waals surface area contributed by atoms with E-state index >= 15 is 0 Å². The summed E-state index contributed by atoms with van der Waals surface area (Å²) in [5.74, 6) is -0.0877. The minimum absolute atomic E-state index is 0.295. The topological polar surface area (TPSA) is 66.8 Å². The minimum atomic E-state index is -1.87. The van der Waals surface area contributed by atoms with Gasteiger partial charge >= 0.3 is 0 Å². The first-order chi connectivity index (χ1) is 14.0. The molecule has 1 amide bonds. The Bertz CT molecular complexity index is 1030. The van der Waals surface area contributed by atoms with Gasteiger partial charge in [0.15, 0.2) is 11.4 Å². The lowest BCUT2D eigenvalue weighted by atomic mass is 9.88. The third-order valence-electron chi connectivity index (χ3n) is 5.04. The highest BCUT2D eigenvalue weighted by atomic mass is 32.1. The summed E-state index contributed by atoms with van der Waals surface area (Å²) in [7, 11) is 0. The molecule has 5 nitrogen and oxygen atoms in total. The average molecular weight is 407 g/mol. The van der Waals surface area contributed by atoms with E-state index in [-0.39, 0.29) is 12.2 Å². The van der Waals surface area contributed by atoms with Crippen molar-refractivity contribution in [3.8, 4) is 5.75 Å². The summed E-state index contributed by atoms with van der Waals surface area (Å²) in [4.78, 5) is 28.7. The van der Waals surface area contributed by atoms with Crippen molar-refractivity contribution >= 4 is 28.7 Å². The van der Waals surface area contributed by atoms with Crippen LogP contribution in [0.15, 0.2) is 66.0 Å². The van der Waals surface area contributed by atoms with Crippen molar-refractivity contribution in [2.45, 2.75) is 25.5 Å². The third kappa shape index (κ3) is 3.57. The summed E-state index contributed by atoms with van der Waals surface area (Å²) in [6.07, 6.45) is -0.308. The zero-order valence-electron chi connectivity index (χ0n) is 16.0. The van der Waals surface area contributed by atoms with Crippen molar-refractivity contribution in [1.29, 1.82) is 0 Å². The second kappa shape index (κ2) is 7.81. The van der Waals surface area contributed by atoms with Gasteiger partial charge in [0.05, 0.1) is 25.3 Å². The molecule has 148 valence electrons. The van der Waals surface area contributed by atoms with E-state index in [0.717, 1.165) is 4.88 Å². The van der Waals surface area contributed by atoms with Gasteiger partial charge in [-0.15, -0.1) is 11.3 Å². The number of amides is 1. The lowest BCUT2D eigenvalue weighted by molar-refractivity contribution is -0.136. The van der Waals surface area contributed by atoms with Crippen LogP contribution in [-0.2, 0) is 16.9 Å². The summed E-state index contributed by atoms with van der Waals surface area (Å²) in [5.41, 5.74) is -0.318. The van der Waals surface area contributed by atoms with E-state index in [1.165, 1.54) is 0 Å². The number of hydrogen-bond acceptors (Lipinski definition) is 5. The molecule has 2 aromatic carbocycles. The van der Waals surface area contributed by atoms with Gasteiger partial charge in [-0.25, -0.2) is 0 Å². The normalized spacial score (nSPS) is 18.0. The van der Waals surface area contributed by atoms with E-state index in [1.807, 2.05) is 30.5 Å². The Morgan fingerprint density at radius 2 is 1.86 bits per heavy atom. The van der Waals surface area contributed by atoms with Crippen molar-refractivity contribution in [2.75, 3.05) is 11.5 Å². The second-order valence-corrected chi connectivity index (χ2v) is 7.94. The third-order valence-corrected chi connectivity index (χ3v) is 5.90. The van der Waals surface area contributed by atoms with Gasteiger partial charge < -0.3 is 14.7 Å². The van der Waals surface area contributed by atoms with Crippen molar-refractivity contribution in [3.63, 3.8) is 0 Å². The number of rotatable bonds is 7. The van der Waals surface area contributed by atoms with Crippen LogP contribution in [0.1, 0.15) is 34.1 Å². The molecule has 1 unspecified atom stereocenters. The van der Waals surface area contributed by atoms with Crippen molar-refractivity contribution < 1.29 is 19.4 Å². The number of carbonyl (C=O) groups is 2. The Labute approximate surface area is 173 Å². The SMILES string of the molecule is CCOc1ccc(C(=O)CC2(O)C(=O)N(Cc3cccs3)c3ccccc32)cc1. The summed E-state index contributed by atoms with van der Waals surface area (Å²) in [6.45, 7) is 2.80. The summed E-state index contributed by atoms with van der Waals surface area (Å²) < 4.78 is 5.40. The second-order valence-electron chi connectivity index (χ2n) is 6.91. The number of nitrogens with zero attached hydrogens (tertiary/aromatic N) is 1. The Morgan fingerprint density at radius 3 is 2.55 bits per heavy atom. The Balaban J connectivity index is 1.62. The van der Waals surface area contributed by atoms with Gasteiger partial charge in [0, 0.05) is 16.0 Å². The number of para-hydroxylation sites is 1. The molecule has 0 spiro atoms. The molecule has 1 aliphatic rings. The fraction of sp³-hybridized carbons (Fsp3) is 0.217. The molecule has 0 aliphatic carbocycles. The van der Waals surface area contributed by atoms with Crippen LogP contribution in [0.5, 0.6) is 5.75 Å². The van der Waals surface area contributed by atoms with Gasteiger partial charge in [-0.2, -0.15) is 0 Å². The fourth-order valence-corrected chi connectivity index (χ4v) is 4.32. The van der Waals surface area contributed by atoms with Crippen LogP contribution in [0.4, 0.5) is 5.69 Å². The molecule has 4 rings (SSSR count). The lowest BCUT2D eigenvalue weighted by Gasteiger charge is -2.22. The van der Waals surface area contributed by atoms with Crippen molar-refractivity contribution in [1.82, 2.24) is 0 Å². The van der Waals surface area contributed by atoms with Gasteiger partial charge in [0.1, 0.15) is 5.75 Å². The molecular formula is C23H21NO4S. The molecule has 6 heteroatoms. The van der Waals surface area contributed by atoms with Crippen LogP contribution >= 0.6 is 11.3 Å². The predicted molar refractivity (Wildman–Crippen MR) is 112 cm³/mol. The lowest BCUT2D eigenvalue weighted by Crippen LogP contribution is -2.41. The van der Waals surface area contributed by atoms with Crippen LogP contribution in [0.3, 0.4) is 0 Å². The highest BCUT2D eigenvalue weighted by Crippen LogP contribution is 2.43. The first kappa shape index (κ1) is 19.4. The first-order valence-electron chi connectivity index (χ1n) is 9.45. The van der Waals surface area contributed by atoms with Crippen LogP contribution in [-0.4, -0.2) is 23.4 Å². The number of thiophene rings is 1. The standard InChI is InChI=1S/C23H21NO4S/c1-2-28-17-11-9-16(10-12-17)21(25)14-23(27)19-7-3-4-8-20(19)24(22(23)26)15-18-6-5-13-29-18/h3-13,27H,2,14-15H2,1H3. The van der Waals surface area contributed by atoms with Crippen molar-refractivity contribution in [3.05, 3.63) is 82.0 Å². The minimum Gasteiger partial charge on any atom is -0.494 e. The number of Topliss-reactive ketones (excluding diaryl/α,β-unsaturated/α-hetero) is 1. The molecule has 1 atom stereocenters. The number of hydrogen-bond donors (Lipinski definition) is 1. The van der Waals surface area contributed by atoms with E-state index in [0.29, 0.717) is 35.7 Å². The monoisotopic (exact) mass is 407 g/mol. The van der Waals surface area contributed by atoms with E-state index in [1.54, 1.807) is 58.7 Å². The highest BCUT2D eigenvalue weighted by molar-refractivity contribution is 7.09. The number of anilines is 1. The van der Waals surface area contributed by atoms with Gasteiger partial charge in [-0.1, -0.05) is 24.3 Å². The molecule has 2 heterocycles. The fourth-order valence-electron chi connectivity index (χ4n) is 3.63. The quantitative estimate of drug-likeness (QED) is 0.598. The molecule has 1 N–H and O–H groups in total. The summed E-state index contributed by atoms with van der Waals surface area (Å²) in [6, 6.07) is 17.7. The van der Waals surface area contributed by atoms with E-state index in [2.05, 4.69) is 0 Å². The van der Waals surface area contributed by atoms with E-state index < -0.39 is 11.5 Å². The van der Waals surface area contributed by atoms with Crippen molar-refractivity contribution in [2.24, 2.45) is 0 Å². The van der Waals surface area contributed by atoms with E-state index in [4.69, 9.17) is 4.74 Å². The Hall–Kier alpha value is -2.96. The summed E-state index contributed by atoms with van der Waals surface area (Å²) in [5, 5.41) is 13.3. The predicted octanol–water partition coefficient (Wildman–Crippen LogP) is 4.15. The molecule has 0 radical (unpaired) electrons. The smallest absolute Gasteiger partial charge is 0.264 e. The zero-order chi connectivity index (χ0) is 20.4. The highest BCUT2D eigenvalue weighted by Gasteiger charge is 2.50. The Kier molecular flexibility index (Phi) is 5.22. The molecule has 0 saturated heterocycles. The van der Waals surface area contributed by atoms with Crippen LogP contribution in [0.2, 0.25) is 0 Å². The maximum absolute atomic E-state index is 13.2. The van der Waals surface area contributed by atoms with E-state index in [9.17, 15) is 14.7 Å². The number of ketones is 1. The average Bonchev–Trinajstić information content (AvgIpc) is 3.31. The van der Waals surface area contributed by atoms with Crippen LogP contribution < -0.4 is 9.64 Å². The molecule has 29 heavy (non-hydrogen) atoms. The number of carbonyl (C=O) groups excluding carboxylic acids is 2. The van der Waals surface area contributed by atoms with Gasteiger partial charge in [0.2, 0.25) is 0 Å². The van der Waals surface area contributed by atoms with Crippen LogP contribution in [0, 0.1) is 0 Å². The molecule has 1 aliphatic heterocycles. The Morgan fingerprint density at radius 1 is 1.10 bits per heavy atom. The van der Waals surface area contributed by atoms with Crippen LogP contribution in [0.25, 0.3) is 0 Å². The molecule has 1 aromatic heterocycles. The van der Waals surface area contributed by atoms with Gasteiger partial charge in [0.25, 0.3) is 5.91 Å². The largest absolute Gasteiger partial charge is 0.494 e. The molecular weight excluding hydrogens is 386 g/mol. The maximum Gasteiger partial charge on any atom is 0.264 e. The summed E-state index contributed by atoms with van der Waals surface area (Å²) >= 11 is 1.55. The number of ether oxygens (including phenoxy) is 1. The van der Waals surface area contributed by atoms with Gasteiger partial charge in [-0.05, 0) is 48.7 Å². The number of fused-ring (bicyclic) bond motifs is 1. The number of aliphatic hydroxyl groups is 1. The maximum atomic E-state index is 13.2. The zero-order valence-corrected chi connectivity index (χ0v) is 16.8. The molecule has 0 bridgehead atoms. The first-order valence-corrected chi connectivity index (χ1v) is 10.3.